The smallest absolute Gasteiger partial charge is 0.410 e. The van der Waals surface area contributed by atoms with E-state index in [0.29, 0.717) is 31.8 Å². The highest BCUT2D eigenvalue weighted by Crippen LogP contribution is 2.20. The molecule has 3 rings (SSSR count). The lowest BCUT2D eigenvalue weighted by Crippen LogP contribution is -2.51. The quantitative estimate of drug-likeness (QED) is 0.611. The van der Waals surface area contributed by atoms with Crippen molar-refractivity contribution in [1.29, 1.82) is 0 Å². The van der Waals surface area contributed by atoms with E-state index >= 15 is 0 Å². The Kier molecular flexibility index (Phi) is 9.59. The number of benzene rings is 1. The summed E-state index contributed by atoms with van der Waals surface area (Å²) in [5, 5.41) is 3.00. The number of hydrogen-bond donors (Lipinski definition) is 1. The Labute approximate surface area is 204 Å². The molecule has 0 bridgehead atoms. The van der Waals surface area contributed by atoms with Gasteiger partial charge in [0.2, 0.25) is 0 Å². The molecular formula is C26H42N4O4. The molecule has 8 nitrogen and oxygen atoms in total. The molecule has 2 saturated heterocycles. The normalized spacial score (nSPS) is 20.1. The number of amides is 2. The summed E-state index contributed by atoms with van der Waals surface area (Å²) in [4.78, 5) is 31.5. The molecule has 2 amide bonds. The lowest BCUT2D eigenvalue weighted by atomic mass is 10.1. The average molecular weight is 475 g/mol. The van der Waals surface area contributed by atoms with Crippen LogP contribution in [0.25, 0.3) is 0 Å². The van der Waals surface area contributed by atoms with Crippen molar-refractivity contribution >= 4 is 17.7 Å². The molecule has 1 aromatic carbocycles. The number of nitrogens with one attached hydrogen (secondary N) is 1. The van der Waals surface area contributed by atoms with Gasteiger partial charge in [-0.25, -0.2) is 4.79 Å². The van der Waals surface area contributed by atoms with E-state index in [1.54, 1.807) is 4.90 Å². The van der Waals surface area contributed by atoms with Crippen molar-refractivity contribution < 1.29 is 19.1 Å². The van der Waals surface area contributed by atoms with Gasteiger partial charge in [0.1, 0.15) is 5.60 Å². The number of unbranched alkanes of at least 4 members (excludes halogenated alkanes) is 1. The number of ether oxygens (including phenoxy) is 2. The molecule has 0 spiro atoms. The molecule has 0 aliphatic carbocycles. The minimum atomic E-state index is -0.493. The second-order valence-corrected chi connectivity index (χ2v) is 10.2. The highest BCUT2D eigenvalue weighted by molar-refractivity contribution is 5.95. The number of carbonyl (C=O) groups excluding carboxylic acids is 2. The summed E-state index contributed by atoms with van der Waals surface area (Å²) < 4.78 is 11.5. The lowest BCUT2D eigenvalue weighted by molar-refractivity contribution is -0.0517. The first-order valence-corrected chi connectivity index (χ1v) is 12.7. The van der Waals surface area contributed by atoms with Gasteiger partial charge in [0.25, 0.3) is 5.91 Å². The zero-order chi connectivity index (χ0) is 24.6. The Morgan fingerprint density at radius 3 is 2.74 bits per heavy atom. The number of nitrogens with zero attached hydrogens (tertiary/aromatic N) is 3. The molecule has 1 aromatic rings. The van der Waals surface area contributed by atoms with Crippen molar-refractivity contribution in [3.63, 3.8) is 0 Å². The van der Waals surface area contributed by atoms with Crippen LogP contribution in [0.4, 0.5) is 10.5 Å². The Bertz CT molecular complexity index is 810. The highest BCUT2D eigenvalue weighted by atomic mass is 16.6. The molecule has 0 saturated carbocycles. The number of rotatable bonds is 7. The van der Waals surface area contributed by atoms with E-state index in [4.69, 9.17) is 9.47 Å². The predicted molar refractivity (Wildman–Crippen MR) is 135 cm³/mol. The van der Waals surface area contributed by atoms with E-state index in [-0.39, 0.29) is 18.1 Å². The van der Waals surface area contributed by atoms with E-state index in [9.17, 15) is 9.59 Å². The molecule has 2 fully saturated rings. The van der Waals surface area contributed by atoms with Gasteiger partial charge in [0, 0.05) is 50.5 Å². The van der Waals surface area contributed by atoms with Crippen LogP contribution >= 0.6 is 0 Å². The van der Waals surface area contributed by atoms with Crippen LogP contribution in [0, 0.1) is 0 Å². The molecular weight excluding hydrogens is 432 g/mol. The van der Waals surface area contributed by atoms with Gasteiger partial charge in [-0.05, 0) is 58.4 Å². The van der Waals surface area contributed by atoms with E-state index in [0.717, 1.165) is 57.7 Å². The molecule has 0 aromatic heterocycles. The Hall–Kier alpha value is -2.32. The van der Waals surface area contributed by atoms with Crippen LogP contribution in [0.2, 0.25) is 0 Å². The molecule has 1 N–H and O–H groups in total. The fourth-order valence-electron chi connectivity index (χ4n) is 4.35. The summed E-state index contributed by atoms with van der Waals surface area (Å²) >= 11 is 0. The molecule has 0 radical (unpaired) electrons. The van der Waals surface area contributed by atoms with Gasteiger partial charge in [-0.3, -0.25) is 9.69 Å². The van der Waals surface area contributed by atoms with E-state index in [1.807, 2.05) is 39.0 Å². The zero-order valence-corrected chi connectivity index (χ0v) is 21.3. The molecule has 34 heavy (non-hydrogen) atoms. The van der Waals surface area contributed by atoms with Crippen LogP contribution in [0.3, 0.4) is 0 Å². The Morgan fingerprint density at radius 2 is 1.97 bits per heavy atom. The third kappa shape index (κ3) is 8.17. The van der Waals surface area contributed by atoms with Crippen LogP contribution in [0.5, 0.6) is 0 Å². The van der Waals surface area contributed by atoms with Crippen molar-refractivity contribution in [2.75, 3.05) is 63.9 Å². The van der Waals surface area contributed by atoms with Crippen molar-refractivity contribution in [2.24, 2.45) is 0 Å². The molecule has 2 heterocycles. The first-order chi connectivity index (χ1) is 16.2. The maximum atomic E-state index is 12.5. The first-order valence-electron chi connectivity index (χ1n) is 12.7. The average Bonchev–Trinajstić information content (AvgIpc) is 3.04. The van der Waals surface area contributed by atoms with E-state index < -0.39 is 5.60 Å². The lowest BCUT2D eigenvalue weighted by Gasteiger charge is -2.36. The summed E-state index contributed by atoms with van der Waals surface area (Å²) in [7, 11) is 0. The van der Waals surface area contributed by atoms with Crippen molar-refractivity contribution in [3.05, 3.63) is 29.8 Å². The fraction of sp³-hybridized carbons (Fsp3) is 0.692. The summed E-state index contributed by atoms with van der Waals surface area (Å²) in [5.74, 6) is -0.00395. The van der Waals surface area contributed by atoms with Gasteiger partial charge < -0.3 is 24.6 Å². The fourth-order valence-corrected chi connectivity index (χ4v) is 4.35. The van der Waals surface area contributed by atoms with Crippen LogP contribution in [0.1, 0.15) is 57.3 Å². The maximum Gasteiger partial charge on any atom is 0.410 e. The third-order valence-corrected chi connectivity index (χ3v) is 6.13. The van der Waals surface area contributed by atoms with Gasteiger partial charge in [-0.1, -0.05) is 19.4 Å². The molecule has 2 aliphatic rings. The predicted octanol–water partition coefficient (Wildman–Crippen LogP) is 3.36. The minimum absolute atomic E-state index is 0.00395. The minimum Gasteiger partial charge on any atom is -0.444 e. The number of carbonyl (C=O) groups is 2. The van der Waals surface area contributed by atoms with Gasteiger partial charge >= 0.3 is 6.09 Å². The van der Waals surface area contributed by atoms with Gasteiger partial charge in [0.05, 0.1) is 19.3 Å². The number of morpholine rings is 1. The Morgan fingerprint density at radius 1 is 1.15 bits per heavy atom. The summed E-state index contributed by atoms with van der Waals surface area (Å²) in [6, 6.07) is 7.93. The van der Waals surface area contributed by atoms with Crippen LogP contribution in [-0.4, -0.2) is 92.5 Å². The van der Waals surface area contributed by atoms with Gasteiger partial charge in [-0.2, -0.15) is 0 Å². The van der Waals surface area contributed by atoms with Gasteiger partial charge in [0.15, 0.2) is 0 Å². The van der Waals surface area contributed by atoms with Crippen molar-refractivity contribution in [2.45, 2.75) is 58.7 Å². The first kappa shape index (κ1) is 26.3. The highest BCUT2D eigenvalue weighted by Gasteiger charge is 2.29. The van der Waals surface area contributed by atoms with E-state index in [2.05, 4.69) is 28.1 Å². The van der Waals surface area contributed by atoms with Crippen LogP contribution in [0.15, 0.2) is 24.3 Å². The Balaban J connectivity index is 1.51. The molecule has 8 heteroatoms. The molecule has 1 unspecified atom stereocenters. The second kappa shape index (κ2) is 12.4. The maximum absolute atomic E-state index is 12.5. The third-order valence-electron chi connectivity index (χ3n) is 6.13. The SMILES string of the molecule is CCCCNC(=O)c1cccc(N2CCCN(CC3CN(C(=O)OC(C)(C)C)CCO3)CC2)c1. The second-order valence-electron chi connectivity index (χ2n) is 10.2. The summed E-state index contributed by atoms with van der Waals surface area (Å²) in [5.41, 5.74) is 1.31. The monoisotopic (exact) mass is 474 g/mol. The summed E-state index contributed by atoms with van der Waals surface area (Å²) in [6.45, 7) is 14.7. The van der Waals surface area contributed by atoms with E-state index in [1.165, 1.54) is 0 Å². The summed E-state index contributed by atoms with van der Waals surface area (Å²) in [6.07, 6.45) is 2.82. The standard InChI is InChI=1S/C26H42N4O4/c1-5-6-11-27-24(31)21-9-7-10-22(18-21)29-13-8-12-28(14-15-29)19-23-20-30(16-17-33-23)25(32)34-26(2,3)4/h7,9-10,18,23H,5-6,8,11-17,19-20H2,1-4H3,(H,27,31). The molecule has 190 valence electrons. The molecule has 1 atom stereocenters. The van der Waals surface area contributed by atoms with Crippen molar-refractivity contribution in [1.82, 2.24) is 15.1 Å². The number of anilines is 1. The largest absolute Gasteiger partial charge is 0.444 e. The van der Waals surface area contributed by atoms with Crippen LogP contribution in [-0.2, 0) is 9.47 Å². The number of hydrogen-bond acceptors (Lipinski definition) is 6. The van der Waals surface area contributed by atoms with Gasteiger partial charge in [-0.15, -0.1) is 0 Å². The van der Waals surface area contributed by atoms with Crippen molar-refractivity contribution in [3.8, 4) is 0 Å². The topological polar surface area (TPSA) is 74.4 Å². The van der Waals surface area contributed by atoms with Crippen LogP contribution < -0.4 is 10.2 Å². The zero-order valence-electron chi connectivity index (χ0n) is 21.3. The molecule has 2 aliphatic heterocycles.